The summed E-state index contributed by atoms with van der Waals surface area (Å²) in [6.07, 6.45) is 0. The van der Waals surface area contributed by atoms with Crippen LogP contribution in [-0.4, -0.2) is 10.5 Å². The van der Waals surface area contributed by atoms with Crippen molar-refractivity contribution in [2.75, 3.05) is 0 Å². The number of hydrogen-bond acceptors (Lipinski definition) is 8. The van der Waals surface area contributed by atoms with Crippen molar-refractivity contribution in [3.05, 3.63) is 9.81 Å². The van der Waals surface area contributed by atoms with Gasteiger partial charge in [-0.05, 0) is 0 Å². The molecule has 0 bridgehead atoms. The normalized spacial score (nSPS) is 5.25. The molecule has 8 nitrogen and oxygen atoms in total. The average Bonchev–Trinajstić information content (AvgIpc) is 1.88. The lowest BCUT2D eigenvalue weighted by Crippen LogP contribution is -1.56. The zero-order valence-corrected chi connectivity index (χ0v) is 3.42. The molecule has 48 valence electrons. The highest BCUT2D eigenvalue weighted by Gasteiger charge is 1.47. The zero-order chi connectivity index (χ0) is 6.83. The third-order valence-electron chi connectivity index (χ3n) is 0.0667. The molecule has 0 aliphatic rings. The Balaban J connectivity index is 0. The van der Waals surface area contributed by atoms with Gasteiger partial charge in [0.05, 0.1) is 0 Å². The molecule has 0 heterocycles. The highest BCUT2D eigenvalue weighted by atomic mass is 17.2. The van der Waals surface area contributed by atoms with Gasteiger partial charge in [-0.15, -0.1) is 9.81 Å². The molecule has 0 unspecified atom stereocenters. The van der Waals surface area contributed by atoms with E-state index >= 15 is 0 Å². The first-order valence-electron chi connectivity index (χ1n) is 1.10. The van der Waals surface area contributed by atoms with E-state index in [9.17, 15) is 0 Å². The molecule has 0 radical (unpaired) electrons. The topological polar surface area (TPSA) is 118 Å². The quantitative estimate of drug-likeness (QED) is 0.312. The minimum atomic E-state index is 1.54. The molecule has 0 amide bonds. The highest BCUT2D eigenvalue weighted by molar-refractivity contribution is 3.86. The van der Waals surface area contributed by atoms with E-state index in [1.54, 1.807) is 10.7 Å². The summed E-state index contributed by atoms with van der Waals surface area (Å²) < 4.78 is 0. The van der Waals surface area contributed by atoms with Gasteiger partial charge in [-0.1, -0.05) is 0 Å². The molecule has 0 aliphatic carbocycles. The molecule has 0 aliphatic heterocycles. The van der Waals surface area contributed by atoms with Gasteiger partial charge in [0, 0.05) is 0 Å². The average molecular weight is 126 g/mol. The van der Waals surface area contributed by atoms with Crippen LogP contribution in [0, 0.1) is 9.81 Å². The number of nitrogens with zero attached hydrogens (tertiary/aromatic N) is 2. The Bertz CT molecular complexity index is 42.5. The summed E-state index contributed by atoms with van der Waals surface area (Å²) in [4.78, 5) is 22.1. The van der Waals surface area contributed by atoms with Gasteiger partial charge in [-0.2, -0.15) is 20.5 Å². The lowest BCUT2D eigenvalue weighted by atomic mass is 13.4. The Labute approximate surface area is 42.4 Å². The molecule has 8 heavy (non-hydrogen) atoms. The van der Waals surface area contributed by atoms with Crippen molar-refractivity contribution >= 4 is 0 Å². The van der Waals surface area contributed by atoms with Crippen molar-refractivity contribution in [3.8, 4) is 0 Å². The number of rotatable bonds is 2. The van der Waals surface area contributed by atoms with Gasteiger partial charge in [0.15, 0.2) is 10.7 Å². The number of hydrogen-bond donors (Lipinski definition) is 2. The van der Waals surface area contributed by atoms with Gasteiger partial charge in [-0.3, -0.25) is 0 Å². The van der Waals surface area contributed by atoms with Crippen LogP contribution in [-0.2, 0) is 9.98 Å². The molecule has 0 saturated carbocycles. The van der Waals surface area contributed by atoms with E-state index in [4.69, 9.17) is 20.3 Å². The van der Waals surface area contributed by atoms with Crippen molar-refractivity contribution < 1.29 is 20.5 Å². The summed E-state index contributed by atoms with van der Waals surface area (Å²) in [5.74, 6) is 0. The smallest absolute Gasteiger partial charge is 0.184 e. The van der Waals surface area contributed by atoms with E-state index in [0.717, 1.165) is 0 Å². The largest absolute Gasteiger partial charge is 0.190 e. The van der Waals surface area contributed by atoms with Crippen LogP contribution in [0.25, 0.3) is 0 Å². The highest BCUT2D eigenvalue weighted by Crippen LogP contribution is 1.51. The minimum Gasteiger partial charge on any atom is -0.184 e. The Hall–Kier alpha value is -1.28. The Morgan fingerprint density at radius 1 is 1.00 bits per heavy atom. The van der Waals surface area contributed by atoms with Gasteiger partial charge < -0.3 is 0 Å². The van der Waals surface area contributed by atoms with Crippen LogP contribution >= 0.6 is 0 Å². The van der Waals surface area contributed by atoms with Gasteiger partial charge in [0.2, 0.25) is 0 Å². The van der Waals surface area contributed by atoms with Crippen LogP contribution < -0.4 is 0 Å². The molecule has 0 atom stereocenters. The van der Waals surface area contributed by atoms with Crippen LogP contribution in [0.2, 0.25) is 0 Å². The SMILES string of the molecule is O=NOO.O=NOO. The van der Waals surface area contributed by atoms with Crippen LogP contribution in [0.3, 0.4) is 0 Å². The lowest BCUT2D eigenvalue weighted by molar-refractivity contribution is -0.245. The molecule has 0 rings (SSSR count). The maximum absolute atomic E-state index is 8.45. The van der Waals surface area contributed by atoms with Gasteiger partial charge in [-0.25, -0.2) is 0 Å². The summed E-state index contributed by atoms with van der Waals surface area (Å²) in [5.41, 5.74) is 0. The predicted molar refractivity (Wildman–Crippen MR) is 19.0 cm³/mol. The van der Waals surface area contributed by atoms with E-state index in [0.29, 0.717) is 0 Å². The third kappa shape index (κ3) is 126. The van der Waals surface area contributed by atoms with Crippen molar-refractivity contribution in [1.29, 1.82) is 0 Å². The Morgan fingerprint density at radius 2 is 1.12 bits per heavy atom. The minimum absolute atomic E-state index is 1.54. The first-order chi connectivity index (χ1) is 3.83. The van der Waals surface area contributed by atoms with E-state index in [-0.39, 0.29) is 0 Å². The Morgan fingerprint density at radius 3 is 1.12 bits per heavy atom. The maximum Gasteiger partial charge on any atom is 0.190 e. The molecule has 0 aromatic rings. The molecule has 0 aromatic heterocycles. The third-order valence-corrected chi connectivity index (χ3v) is 0.0667. The molecular weight excluding hydrogens is 124 g/mol. The van der Waals surface area contributed by atoms with Crippen LogP contribution in [0.4, 0.5) is 0 Å². The second-order valence-electron chi connectivity index (χ2n) is 0.312. The summed E-state index contributed by atoms with van der Waals surface area (Å²) in [7, 11) is 0. The Kier molecular flexibility index (Phi) is 21.2. The molecule has 0 fully saturated rings. The second-order valence-corrected chi connectivity index (χ2v) is 0.312. The lowest BCUT2D eigenvalue weighted by Gasteiger charge is -1.59. The fraction of sp³-hybridized carbons (Fsp3) is 0. The molecular formula is H2N2O6. The standard InChI is InChI=1S/2HNO3/c2*2-1-4-3/h2*3H. The predicted octanol–water partition coefficient (Wildman–Crippen LogP) is 0.315. The van der Waals surface area contributed by atoms with E-state index in [1.807, 2.05) is 0 Å². The first kappa shape index (κ1) is 9.87. The van der Waals surface area contributed by atoms with Crippen molar-refractivity contribution in [1.82, 2.24) is 0 Å². The molecule has 2 N–H and O–H groups in total. The summed E-state index contributed by atoms with van der Waals surface area (Å²) >= 11 is 0. The van der Waals surface area contributed by atoms with Gasteiger partial charge >= 0.3 is 0 Å². The van der Waals surface area contributed by atoms with Crippen LogP contribution in [0.5, 0.6) is 0 Å². The summed E-state index contributed by atoms with van der Waals surface area (Å²) in [6, 6.07) is 0. The summed E-state index contributed by atoms with van der Waals surface area (Å²) in [5, 5.41) is 16.9. The molecule has 8 heteroatoms. The molecule has 0 saturated heterocycles. The van der Waals surface area contributed by atoms with E-state index < -0.39 is 0 Å². The first-order valence-corrected chi connectivity index (χ1v) is 1.10. The van der Waals surface area contributed by atoms with Crippen LogP contribution in [0.1, 0.15) is 0 Å². The van der Waals surface area contributed by atoms with Crippen molar-refractivity contribution in [3.63, 3.8) is 0 Å². The zero-order valence-electron chi connectivity index (χ0n) is 3.42. The van der Waals surface area contributed by atoms with Gasteiger partial charge in [0.1, 0.15) is 0 Å². The van der Waals surface area contributed by atoms with Crippen molar-refractivity contribution in [2.45, 2.75) is 0 Å². The van der Waals surface area contributed by atoms with Crippen molar-refractivity contribution in [2.24, 2.45) is 10.7 Å². The van der Waals surface area contributed by atoms with Gasteiger partial charge in [0.25, 0.3) is 0 Å². The fourth-order valence-electron chi connectivity index (χ4n) is 0. The van der Waals surface area contributed by atoms with Crippen LogP contribution in [0.15, 0.2) is 10.7 Å². The fourth-order valence-corrected chi connectivity index (χ4v) is 0. The summed E-state index contributed by atoms with van der Waals surface area (Å²) in [6.45, 7) is 0. The molecule has 0 aromatic carbocycles. The van der Waals surface area contributed by atoms with E-state index in [2.05, 4.69) is 9.98 Å². The monoisotopic (exact) mass is 126 g/mol. The maximum atomic E-state index is 8.45. The van der Waals surface area contributed by atoms with E-state index in [1.165, 1.54) is 0 Å². The second kappa shape index (κ2) is 17.2. The molecule has 0 spiro atoms.